The van der Waals surface area contributed by atoms with E-state index in [4.69, 9.17) is 6.57 Å². The number of rotatable bonds is 5. The van der Waals surface area contributed by atoms with Gasteiger partial charge in [-0.15, -0.1) is 5.10 Å². The number of aryl methyl sites for hydroxylation is 1. The Morgan fingerprint density at radius 1 is 1.18 bits per heavy atom. The molecular formula is C21H18FN11. The van der Waals surface area contributed by atoms with Gasteiger partial charge in [0.2, 0.25) is 11.5 Å². The van der Waals surface area contributed by atoms with Gasteiger partial charge in [0.05, 0.1) is 25.4 Å². The van der Waals surface area contributed by atoms with E-state index in [1.807, 2.05) is 19.1 Å². The van der Waals surface area contributed by atoms with Crippen LogP contribution in [0.4, 0.5) is 21.7 Å². The topological polar surface area (TPSA) is 115 Å². The van der Waals surface area contributed by atoms with Crippen LogP contribution in [0.3, 0.4) is 0 Å². The van der Waals surface area contributed by atoms with Crippen LogP contribution in [-0.2, 0) is 19.6 Å². The lowest BCUT2D eigenvalue weighted by Crippen LogP contribution is -2.35. The number of aromatic nitrogens is 8. The number of hydrogen-bond donors (Lipinski definition) is 1. The van der Waals surface area contributed by atoms with Crippen molar-refractivity contribution in [3.63, 3.8) is 0 Å². The molecule has 0 bridgehead atoms. The summed E-state index contributed by atoms with van der Waals surface area (Å²) in [5, 5.41) is 14.5. The van der Waals surface area contributed by atoms with E-state index < -0.39 is 5.82 Å². The quantitative estimate of drug-likeness (QED) is 0.465. The van der Waals surface area contributed by atoms with Crippen molar-refractivity contribution in [3.8, 4) is 11.3 Å². The third-order valence-electron chi connectivity index (χ3n) is 5.27. The highest BCUT2D eigenvalue weighted by Crippen LogP contribution is 2.30. The zero-order chi connectivity index (χ0) is 22.8. The fourth-order valence-corrected chi connectivity index (χ4v) is 3.64. The minimum absolute atomic E-state index is 0.0726. The van der Waals surface area contributed by atoms with Gasteiger partial charge >= 0.3 is 0 Å². The molecule has 0 saturated heterocycles. The first-order valence-corrected chi connectivity index (χ1v) is 10.2. The minimum atomic E-state index is -0.555. The largest absolute Gasteiger partial charge is 0.363 e. The predicted octanol–water partition coefficient (Wildman–Crippen LogP) is 2.55. The minimum Gasteiger partial charge on any atom is -0.363 e. The smallest absolute Gasteiger partial charge is 0.213 e. The van der Waals surface area contributed by atoms with E-state index in [1.54, 1.807) is 28.0 Å². The van der Waals surface area contributed by atoms with E-state index in [1.165, 1.54) is 6.33 Å². The van der Waals surface area contributed by atoms with Crippen LogP contribution in [0.1, 0.15) is 17.1 Å². The van der Waals surface area contributed by atoms with Gasteiger partial charge in [-0.2, -0.15) is 4.39 Å². The van der Waals surface area contributed by atoms with Crippen molar-refractivity contribution < 1.29 is 4.39 Å². The second-order valence-electron chi connectivity index (χ2n) is 7.46. The van der Waals surface area contributed by atoms with Gasteiger partial charge in [0.25, 0.3) is 0 Å². The SMILES string of the molecule is [C-]#[N+]c1cc(CNc2ncnc(N3CCn4nnnc4C3)c2F)cnc1-c1ccnc(C)c1. The van der Waals surface area contributed by atoms with Crippen molar-refractivity contribution in [1.29, 1.82) is 0 Å². The third-order valence-corrected chi connectivity index (χ3v) is 5.27. The second-order valence-corrected chi connectivity index (χ2v) is 7.46. The second kappa shape index (κ2) is 8.54. The molecule has 0 unspecified atom stereocenters. The summed E-state index contributed by atoms with van der Waals surface area (Å²) in [4.78, 5) is 22.2. The first-order chi connectivity index (χ1) is 16.1. The van der Waals surface area contributed by atoms with Crippen molar-refractivity contribution in [1.82, 2.24) is 40.1 Å². The van der Waals surface area contributed by atoms with Crippen LogP contribution in [0.25, 0.3) is 16.1 Å². The van der Waals surface area contributed by atoms with Crippen LogP contribution in [0.15, 0.2) is 36.9 Å². The van der Waals surface area contributed by atoms with Crippen molar-refractivity contribution >= 4 is 17.3 Å². The lowest BCUT2D eigenvalue weighted by molar-refractivity contribution is 0.494. The van der Waals surface area contributed by atoms with Crippen LogP contribution in [0.5, 0.6) is 0 Å². The number of tetrazole rings is 1. The number of pyridine rings is 2. The molecule has 0 fully saturated rings. The number of nitrogens with one attached hydrogen (secondary N) is 1. The first kappa shape index (κ1) is 20.4. The van der Waals surface area contributed by atoms with E-state index >= 15 is 4.39 Å². The summed E-state index contributed by atoms with van der Waals surface area (Å²) in [5.74, 6) is 0.352. The maximum Gasteiger partial charge on any atom is 0.213 e. The Labute approximate surface area is 188 Å². The third kappa shape index (κ3) is 4.03. The van der Waals surface area contributed by atoms with Gasteiger partial charge in [-0.05, 0) is 46.7 Å². The normalized spacial score (nSPS) is 12.8. The zero-order valence-corrected chi connectivity index (χ0v) is 17.6. The predicted molar refractivity (Wildman–Crippen MR) is 117 cm³/mol. The van der Waals surface area contributed by atoms with Crippen molar-refractivity contribution in [2.75, 3.05) is 16.8 Å². The summed E-state index contributed by atoms with van der Waals surface area (Å²) < 4.78 is 16.9. The number of fused-ring (bicyclic) bond motifs is 1. The number of hydrogen-bond acceptors (Lipinski definition) is 9. The van der Waals surface area contributed by atoms with E-state index in [-0.39, 0.29) is 18.2 Å². The molecule has 0 amide bonds. The van der Waals surface area contributed by atoms with E-state index in [2.05, 4.69) is 45.6 Å². The van der Waals surface area contributed by atoms with Gasteiger partial charge in [-0.1, -0.05) is 0 Å². The Kier molecular flexibility index (Phi) is 5.27. The maximum atomic E-state index is 15.2. The Morgan fingerprint density at radius 3 is 2.94 bits per heavy atom. The van der Waals surface area contributed by atoms with E-state index in [0.717, 1.165) is 16.8 Å². The highest BCUT2D eigenvalue weighted by Gasteiger charge is 2.24. The fourth-order valence-electron chi connectivity index (χ4n) is 3.64. The lowest BCUT2D eigenvalue weighted by atomic mass is 10.1. The average Bonchev–Trinajstić information content (AvgIpc) is 3.31. The van der Waals surface area contributed by atoms with Crippen molar-refractivity contribution in [2.24, 2.45) is 0 Å². The Hall–Kier alpha value is -4.53. The van der Waals surface area contributed by atoms with Gasteiger partial charge in [0.1, 0.15) is 6.33 Å². The van der Waals surface area contributed by atoms with Crippen molar-refractivity contribution in [2.45, 2.75) is 26.6 Å². The molecule has 0 atom stereocenters. The maximum absolute atomic E-state index is 15.2. The van der Waals surface area contributed by atoms with Crippen LogP contribution in [0, 0.1) is 19.3 Å². The summed E-state index contributed by atoms with van der Waals surface area (Å²) in [6.45, 7) is 11.1. The Morgan fingerprint density at radius 2 is 2.09 bits per heavy atom. The number of nitrogens with zero attached hydrogens (tertiary/aromatic N) is 10. The molecule has 1 aliphatic rings. The summed E-state index contributed by atoms with van der Waals surface area (Å²) in [6.07, 6.45) is 4.67. The molecule has 5 rings (SSSR count). The molecule has 1 aliphatic heterocycles. The molecule has 0 radical (unpaired) electrons. The monoisotopic (exact) mass is 443 g/mol. The van der Waals surface area contributed by atoms with Crippen LogP contribution in [0.2, 0.25) is 0 Å². The molecule has 0 aromatic carbocycles. The average molecular weight is 443 g/mol. The fraction of sp³-hybridized carbons (Fsp3) is 0.238. The van der Waals surface area contributed by atoms with Gasteiger partial charge in [0.15, 0.2) is 17.5 Å². The number of anilines is 2. The molecule has 164 valence electrons. The Balaban J connectivity index is 1.34. The highest BCUT2D eigenvalue weighted by atomic mass is 19.1. The van der Waals surface area contributed by atoms with Crippen LogP contribution in [-0.4, -0.2) is 46.7 Å². The van der Waals surface area contributed by atoms with E-state index in [9.17, 15) is 0 Å². The molecule has 12 heteroatoms. The molecular weight excluding hydrogens is 425 g/mol. The number of halogens is 1. The molecule has 4 aromatic rings. The van der Waals surface area contributed by atoms with Gasteiger partial charge in [-0.25, -0.2) is 19.5 Å². The molecule has 0 saturated carbocycles. The molecule has 33 heavy (non-hydrogen) atoms. The van der Waals surface area contributed by atoms with Crippen LogP contribution >= 0.6 is 0 Å². The lowest BCUT2D eigenvalue weighted by Gasteiger charge is -2.27. The molecule has 1 N–H and O–H groups in total. The highest BCUT2D eigenvalue weighted by molar-refractivity contribution is 5.75. The van der Waals surface area contributed by atoms with E-state index in [0.29, 0.717) is 36.8 Å². The summed E-state index contributed by atoms with van der Waals surface area (Å²) in [6, 6.07) is 5.44. The standard InChI is InChI=1S/C21H18FN11/c1-13-7-15(3-4-24-13)19-16(23-2)8-14(9-25-19)10-26-20-18(22)21(28-12-27-20)32-5-6-33-17(11-32)29-30-31-33/h3-4,7-9,12H,5-6,10-11H2,1H3,(H,26,27,28). The van der Waals surface area contributed by atoms with Gasteiger partial charge in [0, 0.05) is 31.2 Å². The van der Waals surface area contributed by atoms with Gasteiger partial charge in [-0.3, -0.25) is 9.97 Å². The molecule has 0 spiro atoms. The molecule has 5 heterocycles. The summed E-state index contributed by atoms with van der Waals surface area (Å²) >= 11 is 0. The zero-order valence-electron chi connectivity index (χ0n) is 17.6. The summed E-state index contributed by atoms with van der Waals surface area (Å²) in [7, 11) is 0. The summed E-state index contributed by atoms with van der Waals surface area (Å²) in [5.41, 5.74) is 3.40. The van der Waals surface area contributed by atoms with Crippen molar-refractivity contribution in [3.05, 3.63) is 71.2 Å². The Bertz CT molecular complexity index is 1360. The molecule has 0 aliphatic carbocycles. The molecule has 4 aromatic heterocycles. The molecule has 11 nitrogen and oxygen atoms in total. The first-order valence-electron chi connectivity index (χ1n) is 10.2. The van der Waals surface area contributed by atoms with Crippen LogP contribution < -0.4 is 10.2 Å². The van der Waals surface area contributed by atoms with Gasteiger partial charge < -0.3 is 10.2 Å².